The van der Waals surface area contributed by atoms with Gasteiger partial charge in [0, 0.05) is 6.42 Å². The van der Waals surface area contributed by atoms with Gasteiger partial charge in [0.2, 0.25) is 0 Å². The predicted molar refractivity (Wildman–Crippen MR) is 40.9 cm³/mol. The van der Waals surface area contributed by atoms with E-state index in [9.17, 15) is 9.36 Å². The maximum Gasteiger partial charge on any atom is 0.523 e. The summed E-state index contributed by atoms with van der Waals surface area (Å²) in [6, 6.07) is 0. The summed E-state index contributed by atoms with van der Waals surface area (Å²) in [7, 11) is -2.03. The van der Waals surface area contributed by atoms with Gasteiger partial charge in [-0.1, -0.05) is 6.92 Å². The van der Waals surface area contributed by atoms with Crippen LogP contribution in [0.5, 0.6) is 0 Å². The highest BCUT2D eigenvalue weighted by Gasteiger charge is 2.37. The van der Waals surface area contributed by atoms with E-state index in [1.165, 1.54) is 0 Å². The lowest BCUT2D eigenvalue weighted by Gasteiger charge is -1.94. The predicted octanol–water partition coefficient (Wildman–Crippen LogP) is 1.63. The first-order valence-corrected chi connectivity index (χ1v) is 4.70. The second-order valence-corrected chi connectivity index (χ2v) is 3.42. The third-order valence-electron chi connectivity index (χ3n) is 1.18. The summed E-state index contributed by atoms with van der Waals surface area (Å²) < 4.78 is 15.6. The molecule has 0 aromatic rings. The molecule has 0 heterocycles. The number of aliphatic carboxylic acids is 1. The Labute approximate surface area is 66.4 Å². The molecule has 11 heavy (non-hydrogen) atoms. The Morgan fingerprint density at radius 2 is 2.18 bits per heavy atom. The van der Waals surface area contributed by atoms with E-state index in [-0.39, 0.29) is 0 Å². The molecule has 2 unspecified atom stereocenters. The van der Waals surface area contributed by atoms with Crippen molar-refractivity contribution in [3.8, 4) is 0 Å². The largest absolute Gasteiger partial charge is 0.523 e. The molecular weight excluding hydrogens is 167 g/mol. The van der Waals surface area contributed by atoms with Crippen LogP contribution in [0.25, 0.3) is 0 Å². The van der Waals surface area contributed by atoms with E-state index in [0.717, 1.165) is 0 Å². The Bertz CT molecular complexity index is 157. The molecule has 0 aliphatic heterocycles. The molecule has 2 atom stereocenters. The standard InChI is InChI=1S/C6H11O4P/c1-3-5(6(7)8)11(9)10-4-2/h5H,3-4H2,1-2H3/p+1. The Morgan fingerprint density at radius 1 is 1.64 bits per heavy atom. The molecule has 5 heteroatoms. The molecular formula is C6H12O4P+. The molecule has 0 aliphatic rings. The minimum absolute atomic E-state index is 0.291. The molecule has 64 valence electrons. The first-order valence-electron chi connectivity index (χ1n) is 3.45. The van der Waals surface area contributed by atoms with Crippen molar-refractivity contribution in [2.24, 2.45) is 0 Å². The summed E-state index contributed by atoms with van der Waals surface area (Å²) in [5.41, 5.74) is -0.857. The molecule has 0 amide bonds. The minimum atomic E-state index is -2.03. The van der Waals surface area contributed by atoms with E-state index in [2.05, 4.69) is 4.52 Å². The van der Waals surface area contributed by atoms with Gasteiger partial charge in [-0.15, -0.1) is 4.52 Å². The third-order valence-corrected chi connectivity index (χ3v) is 2.79. The number of hydrogen-bond donors (Lipinski definition) is 1. The number of carbonyl (C=O) groups is 1. The van der Waals surface area contributed by atoms with Crippen LogP contribution in [0.4, 0.5) is 0 Å². The summed E-state index contributed by atoms with van der Waals surface area (Å²) >= 11 is 0. The fourth-order valence-electron chi connectivity index (χ4n) is 0.631. The molecule has 0 aliphatic carbocycles. The molecule has 0 radical (unpaired) electrons. The molecule has 0 aromatic heterocycles. The van der Waals surface area contributed by atoms with Crippen molar-refractivity contribution < 1.29 is 19.0 Å². The zero-order valence-corrected chi connectivity index (χ0v) is 7.51. The zero-order chi connectivity index (χ0) is 8.85. The molecule has 1 N–H and O–H groups in total. The van der Waals surface area contributed by atoms with Crippen LogP contribution in [-0.4, -0.2) is 23.3 Å². The van der Waals surface area contributed by atoms with Crippen molar-refractivity contribution in [3.63, 3.8) is 0 Å². The maximum absolute atomic E-state index is 11.0. The van der Waals surface area contributed by atoms with Crippen molar-refractivity contribution in [1.29, 1.82) is 0 Å². The van der Waals surface area contributed by atoms with Gasteiger partial charge in [0.25, 0.3) is 5.66 Å². The van der Waals surface area contributed by atoms with Gasteiger partial charge in [0.05, 0.1) is 6.61 Å². The molecule has 0 aromatic carbocycles. The van der Waals surface area contributed by atoms with Gasteiger partial charge in [0.1, 0.15) is 0 Å². The van der Waals surface area contributed by atoms with Gasteiger partial charge in [-0.3, -0.25) is 0 Å². The summed E-state index contributed by atoms with van der Waals surface area (Å²) in [6.07, 6.45) is 0.338. The van der Waals surface area contributed by atoms with E-state index in [4.69, 9.17) is 5.11 Å². The molecule has 0 rings (SSSR count). The Morgan fingerprint density at radius 3 is 2.45 bits per heavy atom. The van der Waals surface area contributed by atoms with Crippen LogP contribution in [0, 0.1) is 0 Å². The SMILES string of the molecule is CCO[P+](=O)C(CC)C(=O)O. The van der Waals surface area contributed by atoms with Crippen LogP contribution >= 0.6 is 8.03 Å². The fourth-order valence-corrected chi connectivity index (χ4v) is 1.54. The normalized spacial score (nSPS) is 14.2. The topological polar surface area (TPSA) is 63.6 Å². The van der Waals surface area contributed by atoms with Crippen molar-refractivity contribution in [2.75, 3.05) is 6.61 Å². The van der Waals surface area contributed by atoms with Crippen LogP contribution in [0.15, 0.2) is 0 Å². The summed E-state index contributed by atoms with van der Waals surface area (Å²) in [4.78, 5) is 10.4. The van der Waals surface area contributed by atoms with E-state index in [0.29, 0.717) is 13.0 Å². The highest BCUT2D eigenvalue weighted by atomic mass is 31.1. The highest BCUT2D eigenvalue weighted by molar-refractivity contribution is 7.41. The lowest BCUT2D eigenvalue weighted by Crippen LogP contribution is -2.15. The second kappa shape index (κ2) is 5.22. The van der Waals surface area contributed by atoms with Crippen LogP contribution in [-0.2, 0) is 13.9 Å². The number of carboxylic acids is 1. The summed E-state index contributed by atoms with van der Waals surface area (Å²) in [6.45, 7) is 3.64. The molecule has 4 nitrogen and oxygen atoms in total. The average molecular weight is 179 g/mol. The van der Waals surface area contributed by atoms with Crippen molar-refractivity contribution in [1.82, 2.24) is 0 Å². The van der Waals surface area contributed by atoms with Gasteiger partial charge in [-0.25, -0.2) is 4.79 Å². The Kier molecular flexibility index (Phi) is 4.99. The third kappa shape index (κ3) is 3.44. The van der Waals surface area contributed by atoms with Crippen LogP contribution < -0.4 is 0 Å². The smallest absolute Gasteiger partial charge is 0.478 e. The van der Waals surface area contributed by atoms with Gasteiger partial charge < -0.3 is 5.11 Å². The van der Waals surface area contributed by atoms with Gasteiger partial charge in [-0.05, 0) is 11.5 Å². The number of rotatable bonds is 5. The first kappa shape index (κ1) is 10.5. The van der Waals surface area contributed by atoms with Crippen LogP contribution in [0.3, 0.4) is 0 Å². The van der Waals surface area contributed by atoms with Crippen molar-refractivity contribution in [2.45, 2.75) is 25.9 Å². The van der Waals surface area contributed by atoms with Crippen LogP contribution in [0.1, 0.15) is 20.3 Å². The second-order valence-electron chi connectivity index (χ2n) is 1.97. The molecule has 0 saturated carbocycles. The average Bonchev–Trinajstić information content (AvgIpc) is 1.88. The van der Waals surface area contributed by atoms with Gasteiger partial charge >= 0.3 is 14.0 Å². The molecule has 0 saturated heterocycles. The van der Waals surface area contributed by atoms with E-state index < -0.39 is 19.7 Å². The maximum atomic E-state index is 11.0. The molecule has 0 spiro atoms. The fraction of sp³-hybridized carbons (Fsp3) is 0.833. The van der Waals surface area contributed by atoms with Crippen molar-refractivity contribution >= 4 is 14.0 Å². The van der Waals surface area contributed by atoms with Crippen LogP contribution in [0.2, 0.25) is 0 Å². The van der Waals surface area contributed by atoms with E-state index in [1.54, 1.807) is 13.8 Å². The monoisotopic (exact) mass is 179 g/mol. The zero-order valence-electron chi connectivity index (χ0n) is 6.61. The number of hydrogen-bond acceptors (Lipinski definition) is 3. The van der Waals surface area contributed by atoms with E-state index >= 15 is 0 Å². The van der Waals surface area contributed by atoms with Gasteiger partial charge in [0.15, 0.2) is 0 Å². The minimum Gasteiger partial charge on any atom is -0.478 e. The summed E-state index contributed by atoms with van der Waals surface area (Å²) in [5, 5.41) is 8.51. The van der Waals surface area contributed by atoms with Gasteiger partial charge in [-0.2, -0.15) is 0 Å². The lowest BCUT2D eigenvalue weighted by atomic mass is 10.3. The Hall–Kier alpha value is -0.470. The summed E-state index contributed by atoms with van der Waals surface area (Å²) in [5.74, 6) is -1.05. The lowest BCUT2D eigenvalue weighted by molar-refractivity contribution is -0.136. The molecule has 0 bridgehead atoms. The van der Waals surface area contributed by atoms with Crippen molar-refractivity contribution in [3.05, 3.63) is 0 Å². The number of carboxylic acid groups (broad SMARTS) is 1. The first-order chi connectivity index (χ1) is 5.13. The molecule has 0 fully saturated rings. The Balaban J connectivity index is 4.03. The van der Waals surface area contributed by atoms with E-state index in [1.807, 2.05) is 0 Å². The quantitative estimate of drug-likeness (QED) is 0.651. The highest BCUT2D eigenvalue weighted by Crippen LogP contribution is 2.31.